The van der Waals surface area contributed by atoms with Crippen molar-refractivity contribution in [3.8, 4) is 0 Å². The fourth-order valence-corrected chi connectivity index (χ4v) is 2.02. The number of hydrogen-bond acceptors (Lipinski definition) is 2. The van der Waals surface area contributed by atoms with Crippen molar-refractivity contribution in [3.05, 3.63) is 24.3 Å². The number of hydrogen-bond donors (Lipinski definition) is 0. The van der Waals surface area contributed by atoms with Crippen LogP contribution in [0.4, 0.5) is 0 Å². The number of ketones is 1. The Hall–Kier alpha value is -0.890. The summed E-state index contributed by atoms with van der Waals surface area (Å²) in [5, 5.41) is 0. The lowest BCUT2D eigenvalue weighted by molar-refractivity contribution is -0.142. The monoisotopic (exact) mass is 192 g/mol. The Kier molecular flexibility index (Phi) is 2.31. The molecule has 2 nitrogen and oxygen atoms in total. The van der Waals surface area contributed by atoms with Crippen LogP contribution in [0.3, 0.4) is 0 Å². The molecular weight excluding hydrogens is 176 g/mol. The van der Waals surface area contributed by atoms with Gasteiger partial charge in [-0.1, -0.05) is 26.0 Å². The lowest BCUT2D eigenvalue weighted by Gasteiger charge is -2.35. The summed E-state index contributed by atoms with van der Waals surface area (Å²) >= 11 is 0. The van der Waals surface area contributed by atoms with Crippen molar-refractivity contribution in [2.75, 3.05) is 0 Å². The van der Waals surface area contributed by atoms with Crippen LogP contribution in [0.25, 0.3) is 0 Å². The van der Waals surface area contributed by atoms with E-state index in [4.69, 9.17) is 4.74 Å². The van der Waals surface area contributed by atoms with Crippen LogP contribution in [-0.4, -0.2) is 17.5 Å². The molecule has 0 aromatic carbocycles. The van der Waals surface area contributed by atoms with Gasteiger partial charge < -0.3 is 4.74 Å². The van der Waals surface area contributed by atoms with E-state index in [0.717, 1.165) is 12.8 Å². The minimum absolute atomic E-state index is 0.109. The van der Waals surface area contributed by atoms with Crippen LogP contribution in [0.2, 0.25) is 0 Å². The van der Waals surface area contributed by atoms with Gasteiger partial charge in [0.2, 0.25) is 0 Å². The Labute approximate surface area is 84.6 Å². The topological polar surface area (TPSA) is 26.3 Å². The second-order valence-electron chi connectivity index (χ2n) is 4.46. The highest BCUT2D eigenvalue weighted by molar-refractivity contribution is 5.94. The van der Waals surface area contributed by atoms with Crippen molar-refractivity contribution in [3.63, 3.8) is 0 Å². The average Bonchev–Trinajstić information content (AvgIpc) is 2.58. The lowest BCUT2D eigenvalue weighted by Crippen LogP contribution is -2.42. The molecule has 14 heavy (non-hydrogen) atoms. The molecule has 2 aliphatic rings. The summed E-state index contributed by atoms with van der Waals surface area (Å²) in [6, 6.07) is 0. The largest absolute Gasteiger partial charge is 0.359 e. The van der Waals surface area contributed by atoms with Crippen molar-refractivity contribution in [2.24, 2.45) is 5.92 Å². The average molecular weight is 192 g/mol. The molecule has 1 aliphatic carbocycles. The van der Waals surface area contributed by atoms with E-state index in [9.17, 15) is 4.79 Å². The van der Waals surface area contributed by atoms with Crippen molar-refractivity contribution in [1.29, 1.82) is 0 Å². The summed E-state index contributed by atoms with van der Waals surface area (Å²) in [6.07, 6.45) is 9.42. The second kappa shape index (κ2) is 3.35. The van der Waals surface area contributed by atoms with Crippen molar-refractivity contribution in [1.82, 2.24) is 0 Å². The zero-order valence-electron chi connectivity index (χ0n) is 8.69. The van der Waals surface area contributed by atoms with Crippen LogP contribution in [-0.2, 0) is 9.53 Å². The normalized spacial score (nSPS) is 29.4. The molecule has 0 saturated carbocycles. The Bertz CT molecular complexity index is 291. The van der Waals surface area contributed by atoms with E-state index in [2.05, 4.69) is 12.2 Å². The van der Waals surface area contributed by atoms with Crippen LogP contribution in [0.15, 0.2) is 24.3 Å². The molecule has 0 N–H and O–H groups in total. The Morgan fingerprint density at radius 1 is 1.43 bits per heavy atom. The third-order valence-corrected chi connectivity index (χ3v) is 2.89. The SMILES string of the molecule is CC(C)C1OC2(C=CC1=O)CC=CC2. The van der Waals surface area contributed by atoms with E-state index in [1.165, 1.54) is 0 Å². The van der Waals surface area contributed by atoms with Crippen LogP contribution in [0.1, 0.15) is 26.7 Å². The minimum Gasteiger partial charge on any atom is -0.359 e. The first-order chi connectivity index (χ1) is 6.63. The maximum absolute atomic E-state index is 11.5. The molecule has 0 aromatic heterocycles. The third-order valence-electron chi connectivity index (χ3n) is 2.89. The summed E-state index contributed by atoms with van der Waals surface area (Å²) in [5.74, 6) is 0.363. The summed E-state index contributed by atoms with van der Waals surface area (Å²) in [6.45, 7) is 4.05. The van der Waals surface area contributed by atoms with Crippen molar-refractivity contribution >= 4 is 5.78 Å². The van der Waals surface area contributed by atoms with E-state index in [1.807, 2.05) is 19.9 Å². The molecule has 1 spiro atoms. The molecule has 1 unspecified atom stereocenters. The van der Waals surface area contributed by atoms with Gasteiger partial charge in [0.25, 0.3) is 0 Å². The summed E-state index contributed by atoms with van der Waals surface area (Å²) in [4.78, 5) is 11.5. The molecule has 76 valence electrons. The van der Waals surface area contributed by atoms with Crippen LogP contribution >= 0.6 is 0 Å². The zero-order valence-corrected chi connectivity index (χ0v) is 8.69. The minimum atomic E-state index is -0.250. The predicted octanol–water partition coefficient (Wildman–Crippen LogP) is 2.26. The van der Waals surface area contributed by atoms with Gasteiger partial charge in [-0.3, -0.25) is 4.79 Å². The van der Waals surface area contributed by atoms with Gasteiger partial charge in [-0.25, -0.2) is 0 Å². The lowest BCUT2D eigenvalue weighted by atomic mass is 9.92. The van der Waals surface area contributed by atoms with E-state index < -0.39 is 0 Å². The first-order valence-corrected chi connectivity index (χ1v) is 5.19. The van der Waals surface area contributed by atoms with Crippen LogP contribution in [0, 0.1) is 5.92 Å². The molecule has 0 radical (unpaired) electrons. The Morgan fingerprint density at radius 3 is 2.64 bits per heavy atom. The van der Waals surface area contributed by atoms with Crippen molar-refractivity contribution in [2.45, 2.75) is 38.4 Å². The standard InChI is InChI=1S/C12H16O2/c1-9(2)11-10(13)5-8-12(14-11)6-3-4-7-12/h3-5,8-9,11H,6-7H2,1-2H3. The van der Waals surface area contributed by atoms with Gasteiger partial charge in [0.15, 0.2) is 5.78 Å². The Balaban J connectivity index is 2.19. The molecular formula is C12H16O2. The van der Waals surface area contributed by atoms with Gasteiger partial charge in [-0.05, 0) is 30.9 Å². The molecule has 0 aromatic rings. The van der Waals surface area contributed by atoms with Gasteiger partial charge in [0.05, 0.1) is 5.60 Å². The van der Waals surface area contributed by atoms with E-state index in [1.54, 1.807) is 6.08 Å². The number of carbonyl (C=O) groups excluding carboxylic acids is 1. The Morgan fingerprint density at radius 2 is 2.07 bits per heavy atom. The number of ether oxygens (including phenoxy) is 1. The first-order valence-electron chi connectivity index (χ1n) is 5.19. The van der Waals surface area contributed by atoms with Crippen molar-refractivity contribution < 1.29 is 9.53 Å². The molecule has 1 atom stereocenters. The fourth-order valence-electron chi connectivity index (χ4n) is 2.02. The fraction of sp³-hybridized carbons (Fsp3) is 0.583. The van der Waals surface area contributed by atoms with Gasteiger partial charge in [0.1, 0.15) is 6.10 Å². The smallest absolute Gasteiger partial charge is 0.184 e. The molecule has 2 rings (SSSR count). The maximum atomic E-state index is 11.5. The number of rotatable bonds is 1. The van der Waals surface area contributed by atoms with Crippen LogP contribution < -0.4 is 0 Å². The van der Waals surface area contributed by atoms with Gasteiger partial charge in [0, 0.05) is 0 Å². The zero-order chi connectivity index (χ0) is 10.2. The highest BCUT2D eigenvalue weighted by atomic mass is 16.5. The third kappa shape index (κ3) is 1.55. The van der Waals surface area contributed by atoms with Crippen LogP contribution in [0.5, 0.6) is 0 Å². The first kappa shape index (κ1) is 9.66. The molecule has 1 heterocycles. The molecule has 2 heteroatoms. The molecule has 0 bridgehead atoms. The summed E-state index contributed by atoms with van der Waals surface area (Å²) in [5.41, 5.74) is -0.206. The van der Waals surface area contributed by atoms with Gasteiger partial charge in [-0.15, -0.1) is 0 Å². The molecule has 0 fully saturated rings. The summed E-state index contributed by atoms with van der Waals surface area (Å²) < 4.78 is 5.91. The molecule has 1 aliphatic heterocycles. The molecule has 0 amide bonds. The van der Waals surface area contributed by atoms with Gasteiger partial charge >= 0.3 is 0 Å². The molecule has 0 saturated heterocycles. The van der Waals surface area contributed by atoms with E-state index in [-0.39, 0.29) is 23.4 Å². The maximum Gasteiger partial charge on any atom is 0.184 e. The van der Waals surface area contributed by atoms with Gasteiger partial charge in [-0.2, -0.15) is 0 Å². The quantitative estimate of drug-likeness (QED) is 0.596. The number of carbonyl (C=O) groups is 1. The highest BCUT2D eigenvalue weighted by Crippen LogP contribution is 2.35. The van der Waals surface area contributed by atoms with E-state index in [0.29, 0.717) is 0 Å². The highest BCUT2D eigenvalue weighted by Gasteiger charge is 2.38. The second-order valence-corrected chi connectivity index (χ2v) is 4.46. The van der Waals surface area contributed by atoms with E-state index >= 15 is 0 Å². The predicted molar refractivity (Wildman–Crippen MR) is 55.0 cm³/mol. The summed E-state index contributed by atoms with van der Waals surface area (Å²) in [7, 11) is 0.